The number of carbonyl (C=O) groups excluding carboxylic acids is 3. The molecule has 0 bridgehead atoms. The molecule has 0 atom stereocenters. The standard InChI is InChI=1S/C23H23Cl2N3O3/c24-19-5-4-6-20(25)18(19)14-28-22(30)16-8-7-15(13-17(16)23(28)31)21(29)26-9-12-27-10-2-1-3-11-27/h4-8,13H,1-3,9-12,14H2,(H,26,29). The van der Waals surface area contributed by atoms with Crippen LogP contribution >= 0.6 is 23.2 Å². The van der Waals surface area contributed by atoms with E-state index in [-0.39, 0.29) is 23.6 Å². The Morgan fingerprint density at radius 1 is 0.935 bits per heavy atom. The normalized spacial score (nSPS) is 16.5. The van der Waals surface area contributed by atoms with Gasteiger partial charge < -0.3 is 10.2 Å². The maximum Gasteiger partial charge on any atom is 0.261 e. The molecule has 0 aromatic heterocycles. The molecule has 2 aromatic rings. The van der Waals surface area contributed by atoms with E-state index in [1.165, 1.54) is 31.4 Å². The zero-order valence-corrected chi connectivity index (χ0v) is 18.5. The minimum atomic E-state index is -0.459. The summed E-state index contributed by atoms with van der Waals surface area (Å²) in [5, 5.41) is 3.68. The number of nitrogens with one attached hydrogen (secondary N) is 1. The molecule has 31 heavy (non-hydrogen) atoms. The zero-order chi connectivity index (χ0) is 22.0. The van der Waals surface area contributed by atoms with Gasteiger partial charge in [0.2, 0.25) is 0 Å². The minimum absolute atomic E-state index is 0.0256. The predicted molar refractivity (Wildman–Crippen MR) is 120 cm³/mol. The van der Waals surface area contributed by atoms with Crippen LogP contribution in [0.3, 0.4) is 0 Å². The Morgan fingerprint density at radius 2 is 1.61 bits per heavy atom. The molecule has 0 saturated carbocycles. The number of rotatable bonds is 6. The lowest BCUT2D eigenvalue weighted by Gasteiger charge is -2.26. The Bertz CT molecular complexity index is 1010. The molecule has 1 saturated heterocycles. The fraction of sp³-hybridized carbons (Fsp3) is 0.348. The molecule has 2 aliphatic rings. The van der Waals surface area contributed by atoms with Crippen LogP contribution in [0.2, 0.25) is 10.0 Å². The van der Waals surface area contributed by atoms with Crippen LogP contribution in [0.15, 0.2) is 36.4 Å². The van der Waals surface area contributed by atoms with Crippen LogP contribution in [-0.2, 0) is 6.54 Å². The fourth-order valence-electron chi connectivity index (χ4n) is 4.03. The van der Waals surface area contributed by atoms with Gasteiger partial charge in [0.25, 0.3) is 17.7 Å². The van der Waals surface area contributed by atoms with Gasteiger partial charge in [0.05, 0.1) is 17.7 Å². The van der Waals surface area contributed by atoms with Crippen molar-refractivity contribution in [3.63, 3.8) is 0 Å². The monoisotopic (exact) mass is 459 g/mol. The molecular weight excluding hydrogens is 437 g/mol. The van der Waals surface area contributed by atoms with E-state index >= 15 is 0 Å². The molecule has 8 heteroatoms. The number of hydrogen-bond acceptors (Lipinski definition) is 4. The molecule has 4 rings (SSSR count). The van der Waals surface area contributed by atoms with Crippen molar-refractivity contribution in [2.24, 2.45) is 0 Å². The van der Waals surface area contributed by atoms with Gasteiger partial charge in [-0.3, -0.25) is 19.3 Å². The first-order chi connectivity index (χ1) is 15.0. The summed E-state index contributed by atoms with van der Waals surface area (Å²) in [4.78, 5) is 41.7. The number of fused-ring (bicyclic) bond motifs is 1. The summed E-state index contributed by atoms with van der Waals surface area (Å²) in [6.45, 7) is 3.45. The first-order valence-electron chi connectivity index (χ1n) is 10.4. The van der Waals surface area contributed by atoms with Gasteiger partial charge in [-0.15, -0.1) is 0 Å². The highest BCUT2D eigenvalue weighted by Crippen LogP contribution is 2.30. The van der Waals surface area contributed by atoms with E-state index in [1.807, 2.05) is 0 Å². The summed E-state index contributed by atoms with van der Waals surface area (Å²) in [7, 11) is 0. The number of likely N-dealkylation sites (tertiary alicyclic amines) is 1. The van der Waals surface area contributed by atoms with Crippen LogP contribution in [0.25, 0.3) is 0 Å². The molecule has 1 N–H and O–H groups in total. The highest BCUT2D eigenvalue weighted by atomic mass is 35.5. The third-order valence-corrected chi connectivity index (χ3v) is 6.48. The van der Waals surface area contributed by atoms with Gasteiger partial charge in [0, 0.05) is 34.3 Å². The predicted octanol–water partition coefficient (Wildman–Crippen LogP) is 4.01. The number of piperidine rings is 1. The van der Waals surface area contributed by atoms with Gasteiger partial charge in [-0.1, -0.05) is 35.7 Å². The first kappa shape index (κ1) is 21.8. The number of imide groups is 1. The van der Waals surface area contributed by atoms with Crippen molar-refractivity contribution in [1.29, 1.82) is 0 Å². The lowest BCUT2D eigenvalue weighted by atomic mass is 10.1. The summed E-state index contributed by atoms with van der Waals surface area (Å²) >= 11 is 12.4. The molecule has 162 valence electrons. The van der Waals surface area contributed by atoms with Crippen LogP contribution in [0.5, 0.6) is 0 Å². The lowest BCUT2D eigenvalue weighted by molar-refractivity contribution is 0.0642. The van der Waals surface area contributed by atoms with Gasteiger partial charge in [-0.05, 0) is 56.3 Å². The molecule has 2 heterocycles. The van der Waals surface area contributed by atoms with E-state index in [4.69, 9.17) is 23.2 Å². The Labute approximate surface area is 191 Å². The average Bonchev–Trinajstić information content (AvgIpc) is 3.01. The van der Waals surface area contributed by atoms with Crippen LogP contribution in [0, 0.1) is 0 Å². The van der Waals surface area contributed by atoms with Gasteiger partial charge >= 0.3 is 0 Å². The Morgan fingerprint density at radius 3 is 2.32 bits per heavy atom. The molecule has 0 aliphatic carbocycles. The Kier molecular flexibility index (Phi) is 6.60. The number of amides is 3. The van der Waals surface area contributed by atoms with Crippen molar-refractivity contribution >= 4 is 40.9 Å². The molecule has 0 unspecified atom stereocenters. The van der Waals surface area contributed by atoms with E-state index < -0.39 is 11.8 Å². The van der Waals surface area contributed by atoms with Gasteiger partial charge in [-0.25, -0.2) is 0 Å². The number of nitrogens with zero attached hydrogens (tertiary/aromatic N) is 2. The van der Waals surface area contributed by atoms with Crippen molar-refractivity contribution in [2.45, 2.75) is 25.8 Å². The largest absolute Gasteiger partial charge is 0.351 e. The maximum atomic E-state index is 12.9. The molecule has 2 aliphatic heterocycles. The molecule has 3 amide bonds. The van der Waals surface area contributed by atoms with Crippen LogP contribution < -0.4 is 5.32 Å². The van der Waals surface area contributed by atoms with E-state index in [0.29, 0.717) is 27.7 Å². The summed E-state index contributed by atoms with van der Waals surface area (Å²) in [5.74, 6) is -1.14. The van der Waals surface area contributed by atoms with Crippen molar-refractivity contribution < 1.29 is 14.4 Å². The van der Waals surface area contributed by atoms with E-state index in [9.17, 15) is 14.4 Å². The number of halogens is 2. The lowest BCUT2D eigenvalue weighted by Crippen LogP contribution is -2.37. The SMILES string of the molecule is O=C(NCCN1CCCCC1)c1ccc2c(c1)C(=O)N(Cc1c(Cl)cccc1Cl)C2=O. The third-order valence-electron chi connectivity index (χ3n) is 5.77. The van der Waals surface area contributed by atoms with Crippen molar-refractivity contribution in [1.82, 2.24) is 15.1 Å². The van der Waals surface area contributed by atoms with E-state index in [1.54, 1.807) is 24.3 Å². The fourth-order valence-corrected chi connectivity index (χ4v) is 4.55. The highest BCUT2D eigenvalue weighted by Gasteiger charge is 2.36. The van der Waals surface area contributed by atoms with Gasteiger partial charge in [0.1, 0.15) is 0 Å². The first-order valence-corrected chi connectivity index (χ1v) is 11.1. The Hall–Kier alpha value is -2.41. The average molecular weight is 460 g/mol. The molecule has 0 radical (unpaired) electrons. The second-order valence-corrected chi connectivity index (χ2v) is 8.63. The van der Waals surface area contributed by atoms with Crippen LogP contribution in [-0.4, -0.2) is 53.7 Å². The van der Waals surface area contributed by atoms with Gasteiger partial charge in [-0.2, -0.15) is 0 Å². The molecule has 2 aromatic carbocycles. The van der Waals surface area contributed by atoms with Crippen LogP contribution in [0.1, 0.15) is 55.9 Å². The summed E-state index contributed by atoms with van der Waals surface area (Å²) in [6, 6.07) is 9.61. The van der Waals surface area contributed by atoms with Crippen molar-refractivity contribution in [3.05, 3.63) is 68.7 Å². The smallest absolute Gasteiger partial charge is 0.261 e. The second-order valence-electron chi connectivity index (χ2n) is 7.82. The number of hydrogen-bond donors (Lipinski definition) is 1. The highest BCUT2D eigenvalue weighted by molar-refractivity contribution is 6.36. The summed E-state index contributed by atoms with van der Waals surface area (Å²) in [5.41, 5.74) is 1.36. The zero-order valence-electron chi connectivity index (χ0n) is 17.0. The summed E-state index contributed by atoms with van der Waals surface area (Å²) in [6.07, 6.45) is 3.67. The Balaban J connectivity index is 1.44. The van der Waals surface area contributed by atoms with Crippen molar-refractivity contribution in [3.8, 4) is 0 Å². The van der Waals surface area contributed by atoms with E-state index in [0.717, 1.165) is 24.5 Å². The third kappa shape index (κ3) is 4.61. The quantitative estimate of drug-likeness (QED) is 0.662. The molecule has 6 nitrogen and oxygen atoms in total. The van der Waals surface area contributed by atoms with Crippen molar-refractivity contribution in [2.75, 3.05) is 26.2 Å². The topological polar surface area (TPSA) is 69.7 Å². The molecule has 1 fully saturated rings. The second kappa shape index (κ2) is 9.39. The number of carbonyl (C=O) groups is 3. The van der Waals surface area contributed by atoms with Crippen LogP contribution in [0.4, 0.5) is 0 Å². The van der Waals surface area contributed by atoms with E-state index in [2.05, 4.69) is 10.2 Å². The molecule has 0 spiro atoms. The van der Waals surface area contributed by atoms with Gasteiger partial charge in [0.15, 0.2) is 0 Å². The summed E-state index contributed by atoms with van der Waals surface area (Å²) < 4.78 is 0. The molecular formula is C23H23Cl2N3O3. The minimum Gasteiger partial charge on any atom is -0.351 e. The number of benzene rings is 2. The maximum absolute atomic E-state index is 12.9.